The molecule has 1 aliphatic heterocycles. The highest BCUT2D eigenvalue weighted by molar-refractivity contribution is 6.31. The van der Waals surface area contributed by atoms with Crippen LogP contribution in [0.25, 0.3) is 16.6 Å². The summed E-state index contributed by atoms with van der Waals surface area (Å²) >= 11 is 6.19. The average Bonchev–Trinajstić information content (AvgIpc) is 2.54. The summed E-state index contributed by atoms with van der Waals surface area (Å²) in [6.07, 6.45) is 1.12. The van der Waals surface area contributed by atoms with Crippen LogP contribution >= 0.6 is 11.6 Å². The molecule has 2 heterocycles. The lowest BCUT2D eigenvalue weighted by molar-refractivity contribution is 0.477. The van der Waals surface area contributed by atoms with Crippen molar-refractivity contribution in [2.45, 2.75) is 19.4 Å². The normalized spacial score (nSPS) is 17.3. The first-order chi connectivity index (χ1) is 11.1. The first-order valence-corrected chi connectivity index (χ1v) is 8.07. The fraction of sp³-hybridized carbons (Fsp3) is 0.222. The van der Waals surface area contributed by atoms with E-state index in [0.717, 1.165) is 35.4 Å². The van der Waals surface area contributed by atoms with Crippen LogP contribution in [0.15, 0.2) is 53.3 Å². The van der Waals surface area contributed by atoms with Gasteiger partial charge in [0.1, 0.15) is 5.82 Å². The van der Waals surface area contributed by atoms with Crippen molar-refractivity contribution >= 4 is 28.3 Å². The van der Waals surface area contributed by atoms with Crippen molar-refractivity contribution in [3.05, 3.63) is 64.0 Å². The standard InChI is InChI=1S/C18H16ClN3O/c1-12-9-10-21(12)17-15-8-7-13(19)11-16(15)22(18(23)20-17)14-5-3-2-4-6-14/h2-8,11-12H,9-10H2,1H3. The summed E-state index contributed by atoms with van der Waals surface area (Å²) in [4.78, 5) is 19.2. The van der Waals surface area contributed by atoms with E-state index in [1.54, 1.807) is 4.57 Å². The molecule has 2 aromatic carbocycles. The molecule has 1 atom stereocenters. The van der Waals surface area contributed by atoms with Crippen molar-refractivity contribution in [1.82, 2.24) is 9.55 Å². The number of aromatic nitrogens is 2. The van der Waals surface area contributed by atoms with Crippen molar-refractivity contribution < 1.29 is 0 Å². The lowest BCUT2D eigenvalue weighted by Gasteiger charge is -2.40. The molecule has 3 aromatic rings. The molecule has 0 aliphatic carbocycles. The monoisotopic (exact) mass is 325 g/mol. The number of para-hydroxylation sites is 1. The Hall–Kier alpha value is -2.33. The van der Waals surface area contributed by atoms with Crippen LogP contribution in [0.3, 0.4) is 0 Å². The summed E-state index contributed by atoms with van der Waals surface area (Å²) in [5.41, 5.74) is 1.30. The molecule has 0 bridgehead atoms. The van der Waals surface area contributed by atoms with Gasteiger partial charge < -0.3 is 4.90 Å². The summed E-state index contributed by atoms with van der Waals surface area (Å²) in [7, 11) is 0. The van der Waals surface area contributed by atoms with E-state index >= 15 is 0 Å². The molecular formula is C18H16ClN3O. The Labute approximate surface area is 138 Å². The predicted octanol–water partition coefficient (Wildman–Crippen LogP) is 3.64. The number of rotatable bonds is 2. The predicted molar refractivity (Wildman–Crippen MR) is 93.8 cm³/mol. The van der Waals surface area contributed by atoms with E-state index in [2.05, 4.69) is 16.8 Å². The van der Waals surface area contributed by atoms with Gasteiger partial charge in [-0.3, -0.25) is 4.57 Å². The molecule has 0 N–H and O–H groups in total. The van der Waals surface area contributed by atoms with E-state index in [1.807, 2.05) is 48.5 Å². The lowest BCUT2D eigenvalue weighted by Crippen LogP contribution is -2.47. The fourth-order valence-electron chi connectivity index (χ4n) is 3.06. The van der Waals surface area contributed by atoms with Gasteiger partial charge in [-0.25, -0.2) is 4.79 Å². The second kappa shape index (κ2) is 5.39. The molecule has 0 amide bonds. The zero-order valence-electron chi connectivity index (χ0n) is 12.7. The SMILES string of the molecule is CC1CCN1c1nc(=O)n(-c2ccccc2)c2cc(Cl)ccc12. The molecule has 0 saturated carbocycles. The Kier molecular flexibility index (Phi) is 3.34. The molecule has 1 aliphatic rings. The van der Waals surface area contributed by atoms with Gasteiger partial charge in [0.2, 0.25) is 0 Å². The van der Waals surface area contributed by atoms with Crippen molar-refractivity contribution in [3.8, 4) is 5.69 Å². The van der Waals surface area contributed by atoms with Crippen LogP contribution in [0.2, 0.25) is 5.02 Å². The zero-order valence-corrected chi connectivity index (χ0v) is 13.5. The molecule has 0 radical (unpaired) electrons. The number of anilines is 1. The molecule has 1 unspecified atom stereocenters. The summed E-state index contributed by atoms with van der Waals surface area (Å²) in [5, 5.41) is 1.56. The molecule has 1 saturated heterocycles. The maximum atomic E-state index is 12.7. The molecule has 1 aromatic heterocycles. The number of fused-ring (bicyclic) bond motifs is 1. The smallest absolute Gasteiger partial charge is 0.353 e. The fourth-order valence-corrected chi connectivity index (χ4v) is 3.23. The summed E-state index contributed by atoms with van der Waals surface area (Å²) in [5.74, 6) is 0.757. The highest BCUT2D eigenvalue weighted by atomic mass is 35.5. The largest absolute Gasteiger partial charge is 0.354 e. The molecule has 1 fully saturated rings. The first kappa shape index (κ1) is 14.3. The van der Waals surface area contributed by atoms with E-state index < -0.39 is 0 Å². The highest BCUT2D eigenvalue weighted by Gasteiger charge is 2.27. The minimum atomic E-state index is -0.278. The number of hydrogen-bond acceptors (Lipinski definition) is 3. The molecule has 4 rings (SSSR count). The van der Waals surface area contributed by atoms with Crippen LogP contribution in [0, 0.1) is 0 Å². The summed E-state index contributed by atoms with van der Waals surface area (Å²) in [6.45, 7) is 3.08. The Bertz CT molecular complexity index is 936. The highest BCUT2D eigenvalue weighted by Crippen LogP contribution is 2.32. The molecule has 116 valence electrons. The Morgan fingerprint density at radius 1 is 1.17 bits per heavy atom. The Morgan fingerprint density at radius 2 is 1.96 bits per heavy atom. The lowest BCUT2D eigenvalue weighted by atomic mass is 10.0. The Morgan fingerprint density at radius 3 is 2.61 bits per heavy atom. The molecule has 0 spiro atoms. The van der Waals surface area contributed by atoms with Crippen LogP contribution in [-0.4, -0.2) is 22.1 Å². The first-order valence-electron chi connectivity index (χ1n) is 7.69. The van der Waals surface area contributed by atoms with Gasteiger partial charge in [-0.05, 0) is 43.7 Å². The minimum absolute atomic E-state index is 0.278. The van der Waals surface area contributed by atoms with Gasteiger partial charge >= 0.3 is 5.69 Å². The van der Waals surface area contributed by atoms with Gasteiger partial charge in [0.25, 0.3) is 0 Å². The second-order valence-corrected chi connectivity index (χ2v) is 6.32. The van der Waals surface area contributed by atoms with Gasteiger partial charge in [-0.1, -0.05) is 29.8 Å². The second-order valence-electron chi connectivity index (χ2n) is 5.88. The third-order valence-corrected chi connectivity index (χ3v) is 4.68. The molecule has 4 nitrogen and oxygen atoms in total. The topological polar surface area (TPSA) is 38.1 Å². The van der Waals surface area contributed by atoms with Gasteiger partial charge in [-0.15, -0.1) is 0 Å². The number of hydrogen-bond donors (Lipinski definition) is 0. The van der Waals surface area contributed by atoms with Crippen LogP contribution in [0.4, 0.5) is 5.82 Å². The zero-order chi connectivity index (χ0) is 16.0. The van der Waals surface area contributed by atoms with Crippen molar-refractivity contribution in [2.24, 2.45) is 0 Å². The molecule has 5 heteroatoms. The van der Waals surface area contributed by atoms with Gasteiger partial charge in [0.15, 0.2) is 0 Å². The van der Waals surface area contributed by atoms with Crippen LogP contribution in [0.1, 0.15) is 13.3 Å². The van der Waals surface area contributed by atoms with Gasteiger partial charge in [0.05, 0.1) is 11.2 Å². The molecule has 23 heavy (non-hydrogen) atoms. The average molecular weight is 326 g/mol. The number of halogens is 1. The number of nitrogens with zero attached hydrogens (tertiary/aromatic N) is 3. The quantitative estimate of drug-likeness (QED) is 0.722. The number of benzene rings is 2. The van der Waals surface area contributed by atoms with Crippen LogP contribution < -0.4 is 10.6 Å². The maximum absolute atomic E-state index is 12.7. The van der Waals surface area contributed by atoms with Crippen molar-refractivity contribution in [1.29, 1.82) is 0 Å². The third kappa shape index (κ3) is 2.30. The van der Waals surface area contributed by atoms with Gasteiger partial charge in [0, 0.05) is 23.0 Å². The van der Waals surface area contributed by atoms with E-state index in [9.17, 15) is 4.79 Å². The van der Waals surface area contributed by atoms with Crippen LogP contribution in [0.5, 0.6) is 0 Å². The van der Waals surface area contributed by atoms with E-state index in [1.165, 1.54) is 0 Å². The maximum Gasteiger partial charge on any atom is 0.354 e. The van der Waals surface area contributed by atoms with E-state index in [4.69, 9.17) is 11.6 Å². The van der Waals surface area contributed by atoms with E-state index in [-0.39, 0.29) is 5.69 Å². The molecular weight excluding hydrogens is 310 g/mol. The Balaban J connectivity index is 2.05. The van der Waals surface area contributed by atoms with E-state index in [0.29, 0.717) is 11.1 Å². The van der Waals surface area contributed by atoms with Crippen LogP contribution in [-0.2, 0) is 0 Å². The van der Waals surface area contributed by atoms with Gasteiger partial charge in [-0.2, -0.15) is 4.98 Å². The third-order valence-electron chi connectivity index (χ3n) is 4.44. The van der Waals surface area contributed by atoms with Crippen molar-refractivity contribution in [3.63, 3.8) is 0 Å². The summed E-state index contributed by atoms with van der Waals surface area (Å²) in [6, 6.07) is 15.6. The summed E-state index contributed by atoms with van der Waals surface area (Å²) < 4.78 is 1.62. The van der Waals surface area contributed by atoms with Crippen molar-refractivity contribution in [2.75, 3.05) is 11.4 Å². The minimum Gasteiger partial charge on any atom is -0.353 e.